The molecule has 2 aliphatic heterocycles. The van der Waals surface area contributed by atoms with Crippen LogP contribution in [0.3, 0.4) is 0 Å². The van der Waals surface area contributed by atoms with Crippen molar-refractivity contribution in [2.75, 3.05) is 6.54 Å². The van der Waals surface area contributed by atoms with E-state index in [9.17, 15) is 9.59 Å². The van der Waals surface area contributed by atoms with Crippen molar-refractivity contribution in [2.24, 2.45) is 0 Å². The topological polar surface area (TPSA) is 89.6 Å². The lowest BCUT2D eigenvalue weighted by Crippen LogP contribution is -2.47. The van der Waals surface area contributed by atoms with E-state index in [-0.39, 0.29) is 17.9 Å². The third kappa shape index (κ3) is 3.24. The maximum absolute atomic E-state index is 13.1. The Morgan fingerprint density at radius 2 is 2.07 bits per heavy atom. The maximum atomic E-state index is 13.1. The highest BCUT2D eigenvalue weighted by molar-refractivity contribution is 5.92. The molecule has 0 spiro atoms. The van der Waals surface area contributed by atoms with Gasteiger partial charge in [-0.2, -0.15) is 0 Å². The molecular weight excluding hydrogens is 384 g/mol. The van der Waals surface area contributed by atoms with E-state index in [0.29, 0.717) is 43.3 Å². The molecule has 0 aliphatic carbocycles. The normalized spacial score (nSPS) is 19.7. The number of nitrogens with zero attached hydrogens (tertiary/aromatic N) is 3. The molecule has 2 aliphatic rings. The van der Waals surface area contributed by atoms with Gasteiger partial charge in [0.1, 0.15) is 23.0 Å². The first-order valence-electron chi connectivity index (χ1n) is 10.0. The summed E-state index contributed by atoms with van der Waals surface area (Å²) in [6, 6.07) is 11.1. The van der Waals surface area contributed by atoms with Gasteiger partial charge in [-0.15, -0.1) is 0 Å². The monoisotopic (exact) mass is 406 g/mol. The Labute approximate surface area is 173 Å². The van der Waals surface area contributed by atoms with Gasteiger partial charge in [-0.1, -0.05) is 18.2 Å². The molecule has 0 bridgehead atoms. The minimum Gasteiger partial charge on any atom is -0.480 e. The molecule has 30 heavy (non-hydrogen) atoms. The van der Waals surface area contributed by atoms with Gasteiger partial charge in [-0.3, -0.25) is 9.59 Å². The van der Waals surface area contributed by atoms with Gasteiger partial charge in [-0.25, -0.2) is 4.98 Å². The summed E-state index contributed by atoms with van der Waals surface area (Å²) >= 11 is 0. The summed E-state index contributed by atoms with van der Waals surface area (Å²) in [6.07, 6.45) is 3.37. The van der Waals surface area contributed by atoms with Crippen molar-refractivity contribution in [3.05, 3.63) is 71.7 Å². The lowest BCUT2D eigenvalue weighted by Gasteiger charge is -2.35. The highest BCUT2D eigenvalue weighted by Gasteiger charge is 2.37. The van der Waals surface area contributed by atoms with Crippen LogP contribution < -0.4 is 10.1 Å². The van der Waals surface area contributed by atoms with E-state index in [1.54, 1.807) is 29.5 Å². The van der Waals surface area contributed by atoms with Crippen LogP contribution in [-0.2, 0) is 24.3 Å². The van der Waals surface area contributed by atoms with Crippen molar-refractivity contribution in [1.82, 2.24) is 19.8 Å². The number of carbonyl (C=O) groups excluding carboxylic acids is 2. The average Bonchev–Trinajstić information content (AvgIpc) is 3.51. The number of rotatable bonds is 4. The van der Waals surface area contributed by atoms with Crippen molar-refractivity contribution in [3.8, 4) is 5.75 Å². The number of imidazole rings is 1. The lowest BCUT2D eigenvalue weighted by molar-refractivity contribution is -0.141. The van der Waals surface area contributed by atoms with Gasteiger partial charge in [0, 0.05) is 25.7 Å². The highest BCUT2D eigenvalue weighted by Crippen LogP contribution is 2.32. The number of nitrogens with one attached hydrogen (secondary N) is 1. The molecule has 1 N–H and O–H groups in total. The molecule has 5 rings (SSSR count). The van der Waals surface area contributed by atoms with Crippen LogP contribution in [0.5, 0.6) is 5.75 Å². The van der Waals surface area contributed by atoms with Gasteiger partial charge in [0.2, 0.25) is 0 Å². The summed E-state index contributed by atoms with van der Waals surface area (Å²) in [6.45, 7) is 3.37. The second-order valence-corrected chi connectivity index (χ2v) is 7.57. The number of ether oxygens (including phenoxy) is 1. The van der Waals surface area contributed by atoms with Crippen LogP contribution in [0.2, 0.25) is 0 Å². The Morgan fingerprint density at radius 1 is 1.20 bits per heavy atom. The summed E-state index contributed by atoms with van der Waals surface area (Å²) in [5.41, 5.74) is 1.39. The molecule has 0 saturated heterocycles. The Kier molecular flexibility index (Phi) is 4.54. The predicted octanol–water partition coefficient (Wildman–Crippen LogP) is 2.31. The van der Waals surface area contributed by atoms with Crippen LogP contribution in [0.4, 0.5) is 0 Å². The number of para-hydroxylation sites is 1. The number of hydrogen-bond donors (Lipinski definition) is 1. The van der Waals surface area contributed by atoms with E-state index in [0.717, 1.165) is 11.3 Å². The largest absolute Gasteiger partial charge is 0.480 e. The summed E-state index contributed by atoms with van der Waals surface area (Å²) in [4.78, 5) is 31.9. The summed E-state index contributed by atoms with van der Waals surface area (Å²) in [7, 11) is 0. The molecule has 8 heteroatoms. The molecule has 0 radical (unpaired) electrons. The Balaban J connectivity index is 1.28. The Morgan fingerprint density at radius 3 is 2.87 bits per heavy atom. The van der Waals surface area contributed by atoms with Crippen LogP contribution in [-0.4, -0.2) is 38.9 Å². The van der Waals surface area contributed by atoms with E-state index >= 15 is 0 Å². The van der Waals surface area contributed by atoms with Crippen LogP contribution in [0.25, 0.3) is 0 Å². The quantitative estimate of drug-likeness (QED) is 0.718. The SMILES string of the molecule is C[C@H]1c2nc(C(=O)NCc3ccco3)cn2CCN1C(=O)[C@H]1Cc2ccccc2O1. The zero-order chi connectivity index (χ0) is 20.7. The van der Waals surface area contributed by atoms with Gasteiger partial charge in [0.15, 0.2) is 6.10 Å². The van der Waals surface area contributed by atoms with E-state index in [4.69, 9.17) is 9.15 Å². The molecule has 1 aromatic carbocycles. The second-order valence-electron chi connectivity index (χ2n) is 7.57. The molecule has 2 atom stereocenters. The van der Waals surface area contributed by atoms with E-state index in [2.05, 4.69) is 10.3 Å². The zero-order valence-electron chi connectivity index (χ0n) is 16.6. The van der Waals surface area contributed by atoms with Crippen molar-refractivity contribution in [2.45, 2.75) is 38.6 Å². The van der Waals surface area contributed by atoms with Crippen LogP contribution in [0, 0.1) is 0 Å². The summed E-state index contributed by atoms with van der Waals surface area (Å²) < 4.78 is 13.1. The van der Waals surface area contributed by atoms with Crippen LogP contribution >= 0.6 is 0 Å². The maximum Gasteiger partial charge on any atom is 0.271 e. The van der Waals surface area contributed by atoms with Crippen molar-refractivity contribution in [1.29, 1.82) is 0 Å². The number of amides is 2. The molecule has 8 nitrogen and oxygen atoms in total. The van der Waals surface area contributed by atoms with Crippen molar-refractivity contribution < 1.29 is 18.7 Å². The first-order chi connectivity index (χ1) is 14.6. The van der Waals surface area contributed by atoms with Gasteiger partial charge in [0.05, 0.1) is 18.8 Å². The van der Waals surface area contributed by atoms with Crippen molar-refractivity contribution in [3.63, 3.8) is 0 Å². The Bertz CT molecular complexity index is 1060. The number of aromatic nitrogens is 2. The fraction of sp³-hybridized carbons (Fsp3) is 0.318. The molecular formula is C22H22N4O4. The van der Waals surface area contributed by atoms with E-state index < -0.39 is 6.10 Å². The summed E-state index contributed by atoms with van der Waals surface area (Å²) in [5.74, 6) is 1.84. The smallest absolute Gasteiger partial charge is 0.271 e. The van der Waals surface area contributed by atoms with Gasteiger partial charge < -0.3 is 23.9 Å². The number of fused-ring (bicyclic) bond motifs is 2. The molecule has 2 amide bonds. The number of carbonyl (C=O) groups is 2. The van der Waals surface area contributed by atoms with E-state index in [1.165, 1.54) is 0 Å². The molecule has 3 aromatic rings. The number of hydrogen-bond acceptors (Lipinski definition) is 5. The van der Waals surface area contributed by atoms with Gasteiger partial charge in [-0.05, 0) is 30.7 Å². The fourth-order valence-electron chi connectivity index (χ4n) is 4.08. The molecule has 2 aromatic heterocycles. The van der Waals surface area contributed by atoms with Crippen LogP contribution in [0.15, 0.2) is 53.3 Å². The minimum atomic E-state index is -0.512. The highest BCUT2D eigenvalue weighted by atomic mass is 16.5. The van der Waals surface area contributed by atoms with Crippen LogP contribution in [0.1, 0.15) is 40.6 Å². The zero-order valence-corrected chi connectivity index (χ0v) is 16.6. The minimum absolute atomic E-state index is 0.0447. The molecule has 0 saturated carbocycles. The van der Waals surface area contributed by atoms with Gasteiger partial charge in [0.25, 0.3) is 11.8 Å². The van der Waals surface area contributed by atoms with Crippen molar-refractivity contribution >= 4 is 11.8 Å². The third-order valence-corrected chi connectivity index (χ3v) is 5.67. The average molecular weight is 406 g/mol. The molecule has 4 heterocycles. The second kappa shape index (κ2) is 7.37. The molecule has 0 unspecified atom stereocenters. The Hall–Kier alpha value is -3.55. The number of furan rings is 1. The standard InChI is InChI=1S/C22H22N4O4/c1-14-20-24-17(21(27)23-12-16-6-4-10-29-16)13-25(20)8-9-26(14)22(28)19-11-15-5-2-3-7-18(15)30-19/h2-7,10,13-14,19H,8-9,11-12H2,1H3,(H,23,27)/t14-,19+/m0/s1. The predicted molar refractivity (Wildman–Crippen MR) is 107 cm³/mol. The van der Waals surface area contributed by atoms with Gasteiger partial charge >= 0.3 is 0 Å². The lowest BCUT2D eigenvalue weighted by atomic mass is 10.1. The third-order valence-electron chi connectivity index (χ3n) is 5.67. The number of benzene rings is 1. The molecule has 0 fully saturated rings. The van der Waals surface area contributed by atoms with E-state index in [1.807, 2.05) is 35.8 Å². The first kappa shape index (κ1) is 18.5. The summed E-state index contributed by atoms with van der Waals surface area (Å²) in [5, 5.41) is 2.81. The molecule has 154 valence electrons. The fourth-order valence-corrected chi connectivity index (χ4v) is 4.08. The first-order valence-corrected chi connectivity index (χ1v) is 10.0.